The van der Waals surface area contributed by atoms with Crippen LogP contribution in [-0.4, -0.2) is 41.9 Å². The van der Waals surface area contributed by atoms with Gasteiger partial charge in [-0.05, 0) is 25.6 Å². The molecule has 1 aromatic carbocycles. The summed E-state index contributed by atoms with van der Waals surface area (Å²) in [6.45, 7) is 3.96. The van der Waals surface area contributed by atoms with Gasteiger partial charge in [0, 0.05) is 24.7 Å². The number of benzene rings is 1. The van der Waals surface area contributed by atoms with Gasteiger partial charge >= 0.3 is 0 Å². The van der Waals surface area contributed by atoms with Crippen LogP contribution in [0.4, 0.5) is 0 Å². The van der Waals surface area contributed by atoms with Crippen molar-refractivity contribution in [1.29, 1.82) is 0 Å². The third-order valence-corrected chi connectivity index (χ3v) is 3.86. The Morgan fingerprint density at radius 1 is 1.25 bits per heavy atom. The van der Waals surface area contributed by atoms with E-state index in [-0.39, 0.29) is 11.9 Å². The summed E-state index contributed by atoms with van der Waals surface area (Å²) >= 11 is 0. The van der Waals surface area contributed by atoms with E-state index in [9.17, 15) is 4.79 Å². The molecule has 0 aromatic heterocycles. The number of nitrogens with zero attached hydrogens (tertiary/aromatic N) is 2. The number of piperazine rings is 1. The lowest BCUT2D eigenvalue weighted by Crippen LogP contribution is -2.50. The van der Waals surface area contributed by atoms with Crippen molar-refractivity contribution in [1.82, 2.24) is 9.80 Å². The van der Waals surface area contributed by atoms with Gasteiger partial charge in [0.05, 0.1) is 6.04 Å². The summed E-state index contributed by atoms with van der Waals surface area (Å²) < 4.78 is 0. The van der Waals surface area contributed by atoms with E-state index in [1.807, 2.05) is 23.1 Å². The third kappa shape index (κ3) is 1.21. The third-order valence-electron chi connectivity index (χ3n) is 3.86. The van der Waals surface area contributed by atoms with Crippen molar-refractivity contribution in [2.75, 3.05) is 20.1 Å². The predicted octanol–water partition coefficient (Wildman–Crippen LogP) is 1.52. The fourth-order valence-electron chi connectivity index (χ4n) is 2.73. The smallest absolute Gasteiger partial charge is 0.254 e. The van der Waals surface area contributed by atoms with Gasteiger partial charge in [-0.1, -0.05) is 18.2 Å². The molecular formula is C13H16N2O. The summed E-state index contributed by atoms with van der Waals surface area (Å²) in [5, 5.41) is 0. The molecule has 1 saturated heterocycles. The highest BCUT2D eigenvalue weighted by Gasteiger charge is 2.41. The molecule has 2 unspecified atom stereocenters. The number of fused-ring (bicyclic) bond motifs is 3. The second-order valence-electron chi connectivity index (χ2n) is 4.85. The number of likely N-dealkylation sites (N-methyl/N-ethyl adjacent to an activating group) is 1. The van der Waals surface area contributed by atoms with Crippen LogP contribution in [0.1, 0.15) is 28.9 Å². The van der Waals surface area contributed by atoms with Gasteiger partial charge < -0.3 is 4.90 Å². The van der Waals surface area contributed by atoms with E-state index in [1.54, 1.807) is 0 Å². The summed E-state index contributed by atoms with van der Waals surface area (Å²) in [5.41, 5.74) is 2.10. The first-order valence-electron chi connectivity index (χ1n) is 5.78. The molecule has 0 bridgehead atoms. The minimum atomic E-state index is 0.209. The molecule has 16 heavy (non-hydrogen) atoms. The Morgan fingerprint density at radius 3 is 2.81 bits per heavy atom. The zero-order valence-electron chi connectivity index (χ0n) is 9.68. The second-order valence-corrected chi connectivity index (χ2v) is 4.85. The maximum absolute atomic E-state index is 12.2. The Bertz CT molecular complexity index is 443. The van der Waals surface area contributed by atoms with E-state index < -0.39 is 0 Å². The quantitative estimate of drug-likeness (QED) is 0.656. The van der Waals surface area contributed by atoms with Crippen LogP contribution in [0.25, 0.3) is 0 Å². The zero-order valence-corrected chi connectivity index (χ0v) is 9.68. The van der Waals surface area contributed by atoms with Gasteiger partial charge in [0.2, 0.25) is 0 Å². The first kappa shape index (κ1) is 9.85. The van der Waals surface area contributed by atoms with Gasteiger partial charge in [0.15, 0.2) is 0 Å². The molecule has 1 aromatic rings. The zero-order chi connectivity index (χ0) is 11.3. The Morgan fingerprint density at radius 2 is 2.00 bits per heavy atom. The monoisotopic (exact) mass is 216 g/mol. The van der Waals surface area contributed by atoms with Crippen LogP contribution in [0, 0.1) is 0 Å². The van der Waals surface area contributed by atoms with Gasteiger partial charge in [0.25, 0.3) is 5.91 Å². The summed E-state index contributed by atoms with van der Waals surface area (Å²) in [4.78, 5) is 16.5. The van der Waals surface area contributed by atoms with Crippen molar-refractivity contribution < 1.29 is 4.79 Å². The Labute approximate surface area is 95.7 Å². The van der Waals surface area contributed by atoms with Gasteiger partial charge in [-0.3, -0.25) is 9.69 Å². The number of hydrogen-bond donors (Lipinski definition) is 0. The maximum atomic E-state index is 12.2. The molecule has 2 aliphatic heterocycles. The van der Waals surface area contributed by atoms with Crippen LogP contribution in [0.5, 0.6) is 0 Å². The highest BCUT2D eigenvalue weighted by Crippen LogP contribution is 2.36. The van der Waals surface area contributed by atoms with Crippen LogP contribution in [0.3, 0.4) is 0 Å². The highest BCUT2D eigenvalue weighted by molar-refractivity contribution is 5.99. The molecule has 2 aliphatic rings. The highest BCUT2D eigenvalue weighted by atomic mass is 16.2. The fourth-order valence-corrected chi connectivity index (χ4v) is 2.73. The van der Waals surface area contributed by atoms with Crippen molar-refractivity contribution in [3.05, 3.63) is 35.4 Å². The van der Waals surface area contributed by atoms with Crippen LogP contribution in [0.2, 0.25) is 0 Å². The molecule has 3 rings (SSSR count). The minimum Gasteiger partial charge on any atom is -0.329 e. The van der Waals surface area contributed by atoms with Gasteiger partial charge in [0.1, 0.15) is 0 Å². The average Bonchev–Trinajstić information content (AvgIpc) is 2.55. The molecule has 3 nitrogen and oxygen atoms in total. The molecule has 0 saturated carbocycles. The van der Waals surface area contributed by atoms with E-state index in [2.05, 4.69) is 24.9 Å². The van der Waals surface area contributed by atoms with E-state index in [0.29, 0.717) is 6.04 Å². The molecule has 0 N–H and O–H groups in total. The Hall–Kier alpha value is -1.35. The topological polar surface area (TPSA) is 23.6 Å². The number of carbonyl (C=O) groups is 1. The van der Waals surface area contributed by atoms with Crippen LogP contribution < -0.4 is 0 Å². The molecule has 84 valence electrons. The van der Waals surface area contributed by atoms with Gasteiger partial charge in [-0.2, -0.15) is 0 Å². The maximum Gasteiger partial charge on any atom is 0.254 e. The number of carbonyl (C=O) groups excluding carboxylic acids is 1. The Balaban J connectivity index is 2.03. The molecule has 0 radical (unpaired) electrons. The van der Waals surface area contributed by atoms with E-state index in [1.165, 1.54) is 5.56 Å². The largest absolute Gasteiger partial charge is 0.329 e. The predicted molar refractivity (Wildman–Crippen MR) is 62.3 cm³/mol. The van der Waals surface area contributed by atoms with Crippen molar-refractivity contribution in [2.45, 2.75) is 19.0 Å². The first-order valence-corrected chi connectivity index (χ1v) is 5.78. The van der Waals surface area contributed by atoms with E-state index >= 15 is 0 Å². The normalized spacial score (nSPS) is 29.1. The standard InChI is InChI=1S/C13H16N2O/c1-9-7-15-12(8-14(9)2)10-5-3-4-6-11(10)13(15)16/h3-6,9,12H,7-8H2,1-2H3. The summed E-state index contributed by atoms with van der Waals surface area (Å²) in [5.74, 6) is 0.209. The lowest BCUT2D eigenvalue weighted by molar-refractivity contribution is 0.0430. The van der Waals surface area contributed by atoms with Gasteiger partial charge in [-0.15, -0.1) is 0 Å². The van der Waals surface area contributed by atoms with Crippen molar-refractivity contribution >= 4 is 5.91 Å². The molecule has 2 atom stereocenters. The summed E-state index contributed by atoms with van der Waals surface area (Å²) in [6, 6.07) is 8.72. The molecule has 3 heteroatoms. The lowest BCUT2D eigenvalue weighted by atomic mass is 10.0. The molecule has 0 aliphatic carbocycles. The van der Waals surface area contributed by atoms with Crippen molar-refractivity contribution in [2.24, 2.45) is 0 Å². The molecular weight excluding hydrogens is 200 g/mol. The molecule has 1 amide bonds. The summed E-state index contributed by atoms with van der Waals surface area (Å²) in [6.07, 6.45) is 0. The molecule has 1 fully saturated rings. The van der Waals surface area contributed by atoms with Gasteiger partial charge in [-0.25, -0.2) is 0 Å². The van der Waals surface area contributed by atoms with Crippen LogP contribution >= 0.6 is 0 Å². The number of hydrogen-bond acceptors (Lipinski definition) is 2. The molecule has 2 heterocycles. The number of amides is 1. The van der Waals surface area contributed by atoms with E-state index in [0.717, 1.165) is 18.7 Å². The minimum absolute atomic E-state index is 0.209. The molecule has 0 spiro atoms. The second kappa shape index (κ2) is 3.32. The Kier molecular flexibility index (Phi) is 2.04. The van der Waals surface area contributed by atoms with Crippen molar-refractivity contribution in [3.63, 3.8) is 0 Å². The lowest BCUT2D eigenvalue weighted by Gasteiger charge is -2.40. The summed E-state index contributed by atoms with van der Waals surface area (Å²) in [7, 11) is 2.13. The van der Waals surface area contributed by atoms with Crippen LogP contribution in [-0.2, 0) is 0 Å². The van der Waals surface area contributed by atoms with Crippen molar-refractivity contribution in [3.8, 4) is 0 Å². The van der Waals surface area contributed by atoms with Crippen LogP contribution in [0.15, 0.2) is 24.3 Å². The number of rotatable bonds is 0. The fraction of sp³-hybridized carbons (Fsp3) is 0.462. The first-order chi connectivity index (χ1) is 7.68. The van der Waals surface area contributed by atoms with E-state index in [4.69, 9.17) is 0 Å². The average molecular weight is 216 g/mol. The SMILES string of the molecule is CC1CN2C(=O)c3ccccc3C2CN1C.